The van der Waals surface area contributed by atoms with Crippen LogP contribution in [0.2, 0.25) is 0 Å². The van der Waals surface area contributed by atoms with Crippen LogP contribution in [-0.4, -0.2) is 49.2 Å². The largest absolute Gasteiger partial charge is 0.374 e. The molecule has 1 aliphatic rings. The second-order valence-electron chi connectivity index (χ2n) is 4.81. The first kappa shape index (κ1) is 15.3. The van der Waals surface area contributed by atoms with Crippen LogP contribution in [0, 0.1) is 5.92 Å². The first-order valence-corrected chi connectivity index (χ1v) is 6.39. The Labute approximate surface area is 107 Å². The number of halogens is 2. The monoisotopic (exact) mass is 264 g/mol. The fraction of sp³-hybridized carbons (Fsp3) is 0.917. The highest BCUT2D eigenvalue weighted by atomic mass is 19.3. The second kappa shape index (κ2) is 6.99. The lowest BCUT2D eigenvalue weighted by atomic mass is 10.1. The lowest BCUT2D eigenvalue weighted by Gasteiger charge is -2.27. The Morgan fingerprint density at radius 1 is 1.44 bits per heavy atom. The van der Waals surface area contributed by atoms with Crippen molar-refractivity contribution in [2.75, 3.05) is 19.8 Å². The van der Waals surface area contributed by atoms with E-state index in [1.807, 2.05) is 20.8 Å². The Balaban J connectivity index is 2.47. The maximum absolute atomic E-state index is 12.0. The number of nitrogens with one attached hydrogen (secondary N) is 1. The molecule has 6 heteroatoms. The van der Waals surface area contributed by atoms with E-state index in [4.69, 9.17) is 4.74 Å². The molecule has 1 saturated heterocycles. The Morgan fingerprint density at radius 2 is 2.11 bits per heavy atom. The Hall–Kier alpha value is -0.750. The van der Waals surface area contributed by atoms with Gasteiger partial charge in [-0.25, -0.2) is 8.78 Å². The number of carbonyl (C=O) groups is 1. The third-order valence-corrected chi connectivity index (χ3v) is 3.05. The molecule has 0 bridgehead atoms. The molecule has 4 nitrogen and oxygen atoms in total. The third kappa shape index (κ3) is 3.88. The SMILES string of the molecule is CCC1NC(C(C)C)N(CCOCC(F)F)C1=O. The summed E-state index contributed by atoms with van der Waals surface area (Å²) in [4.78, 5) is 13.7. The summed E-state index contributed by atoms with van der Waals surface area (Å²) >= 11 is 0. The van der Waals surface area contributed by atoms with Gasteiger partial charge in [0.15, 0.2) is 0 Å². The lowest BCUT2D eigenvalue weighted by molar-refractivity contribution is -0.131. The zero-order valence-electron chi connectivity index (χ0n) is 11.2. The second-order valence-corrected chi connectivity index (χ2v) is 4.81. The van der Waals surface area contributed by atoms with Crippen LogP contribution in [-0.2, 0) is 9.53 Å². The van der Waals surface area contributed by atoms with Crippen LogP contribution in [0.25, 0.3) is 0 Å². The molecule has 0 spiro atoms. The first-order chi connectivity index (χ1) is 8.47. The molecule has 0 aromatic carbocycles. The van der Waals surface area contributed by atoms with Crippen molar-refractivity contribution in [3.8, 4) is 0 Å². The van der Waals surface area contributed by atoms with E-state index in [9.17, 15) is 13.6 Å². The molecule has 0 radical (unpaired) electrons. The third-order valence-electron chi connectivity index (χ3n) is 3.05. The van der Waals surface area contributed by atoms with E-state index in [1.165, 1.54) is 0 Å². The van der Waals surface area contributed by atoms with E-state index in [2.05, 4.69) is 5.32 Å². The number of hydrogen-bond donors (Lipinski definition) is 1. The number of alkyl halides is 2. The number of ether oxygens (including phenoxy) is 1. The van der Waals surface area contributed by atoms with Crippen LogP contribution < -0.4 is 5.32 Å². The number of rotatable bonds is 7. The number of amides is 1. The van der Waals surface area contributed by atoms with Crippen molar-refractivity contribution in [2.24, 2.45) is 5.92 Å². The minimum absolute atomic E-state index is 0.0300. The molecule has 1 N–H and O–H groups in total. The smallest absolute Gasteiger partial charge is 0.261 e. The van der Waals surface area contributed by atoms with E-state index in [-0.39, 0.29) is 30.6 Å². The van der Waals surface area contributed by atoms with Crippen molar-refractivity contribution < 1.29 is 18.3 Å². The van der Waals surface area contributed by atoms with Gasteiger partial charge in [0.1, 0.15) is 6.61 Å². The van der Waals surface area contributed by atoms with Crippen LogP contribution in [0.3, 0.4) is 0 Å². The molecule has 18 heavy (non-hydrogen) atoms. The van der Waals surface area contributed by atoms with Crippen molar-refractivity contribution in [1.82, 2.24) is 10.2 Å². The molecule has 0 saturated carbocycles. The summed E-state index contributed by atoms with van der Waals surface area (Å²) < 4.78 is 28.7. The van der Waals surface area contributed by atoms with Gasteiger partial charge in [-0.05, 0) is 12.3 Å². The topological polar surface area (TPSA) is 41.6 Å². The summed E-state index contributed by atoms with van der Waals surface area (Å²) in [7, 11) is 0. The number of carbonyl (C=O) groups excluding carboxylic acids is 1. The summed E-state index contributed by atoms with van der Waals surface area (Å²) in [6, 6.07) is -0.160. The molecular weight excluding hydrogens is 242 g/mol. The number of nitrogens with zero attached hydrogens (tertiary/aromatic N) is 1. The van der Waals surface area contributed by atoms with Gasteiger partial charge in [-0.3, -0.25) is 10.1 Å². The molecule has 1 heterocycles. The Morgan fingerprint density at radius 3 is 2.61 bits per heavy atom. The summed E-state index contributed by atoms with van der Waals surface area (Å²) in [5.74, 6) is 0.317. The van der Waals surface area contributed by atoms with Gasteiger partial charge in [0.2, 0.25) is 5.91 Å². The standard InChI is InChI=1S/C12H22F2N2O2/c1-4-9-12(17)16(11(15-9)8(2)3)5-6-18-7-10(13)14/h8-11,15H,4-7H2,1-3H3. The number of hydrogen-bond acceptors (Lipinski definition) is 3. The van der Waals surface area contributed by atoms with Gasteiger partial charge in [-0.15, -0.1) is 0 Å². The van der Waals surface area contributed by atoms with Crippen LogP contribution in [0.15, 0.2) is 0 Å². The minimum atomic E-state index is -2.46. The maximum Gasteiger partial charge on any atom is 0.261 e. The van der Waals surface area contributed by atoms with Crippen LogP contribution in [0.1, 0.15) is 27.2 Å². The predicted octanol–water partition coefficient (Wildman–Crippen LogP) is 1.46. The fourth-order valence-corrected chi connectivity index (χ4v) is 2.13. The van der Waals surface area contributed by atoms with Gasteiger partial charge in [-0.1, -0.05) is 20.8 Å². The van der Waals surface area contributed by atoms with Crippen molar-refractivity contribution in [3.63, 3.8) is 0 Å². The summed E-state index contributed by atoms with van der Waals surface area (Å²) in [5, 5.41) is 3.26. The maximum atomic E-state index is 12.0. The molecule has 1 fully saturated rings. The van der Waals surface area contributed by atoms with Crippen LogP contribution in [0.4, 0.5) is 8.78 Å². The zero-order chi connectivity index (χ0) is 13.7. The normalized spacial score (nSPS) is 24.6. The summed E-state index contributed by atoms with van der Waals surface area (Å²) in [5.41, 5.74) is 0. The molecule has 0 aromatic rings. The molecular formula is C12H22F2N2O2. The molecule has 2 unspecified atom stereocenters. The highest BCUT2D eigenvalue weighted by Gasteiger charge is 2.38. The quantitative estimate of drug-likeness (QED) is 0.708. The van der Waals surface area contributed by atoms with Gasteiger partial charge in [0.05, 0.1) is 18.8 Å². The molecule has 1 aliphatic heterocycles. The van der Waals surface area contributed by atoms with E-state index in [1.54, 1.807) is 4.90 Å². The van der Waals surface area contributed by atoms with E-state index in [0.717, 1.165) is 6.42 Å². The molecule has 1 amide bonds. The predicted molar refractivity (Wildman–Crippen MR) is 64.4 cm³/mol. The highest BCUT2D eigenvalue weighted by molar-refractivity contribution is 5.84. The molecule has 0 aliphatic carbocycles. The highest BCUT2D eigenvalue weighted by Crippen LogP contribution is 2.18. The Kier molecular flexibility index (Phi) is 5.95. The average molecular weight is 264 g/mol. The fourth-order valence-electron chi connectivity index (χ4n) is 2.13. The van der Waals surface area contributed by atoms with E-state index < -0.39 is 13.0 Å². The van der Waals surface area contributed by atoms with Crippen LogP contribution >= 0.6 is 0 Å². The van der Waals surface area contributed by atoms with Crippen LogP contribution in [0.5, 0.6) is 0 Å². The lowest BCUT2D eigenvalue weighted by Crippen LogP contribution is -2.43. The minimum Gasteiger partial charge on any atom is -0.374 e. The van der Waals surface area contributed by atoms with E-state index in [0.29, 0.717) is 6.54 Å². The molecule has 2 atom stereocenters. The van der Waals surface area contributed by atoms with Crippen molar-refractivity contribution in [2.45, 2.75) is 45.8 Å². The van der Waals surface area contributed by atoms with Gasteiger partial charge in [0.25, 0.3) is 6.43 Å². The molecule has 0 aromatic heterocycles. The van der Waals surface area contributed by atoms with Gasteiger partial charge < -0.3 is 9.64 Å². The van der Waals surface area contributed by atoms with Crippen molar-refractivity contribution in [3.05, 3.63) is 0 Å². The first-order valence-electron chi connectivity index (χ1n) is 6.39. The van der Waals surface area contributed by atoms with Gasteiger partial charge in [-0.2, -0.15) is 0 Å². The van der Waals surface area contributed by atoms with Crippen molar-refractivity contribution >= 4 is 5.91 Å². The molecule has 1 rings (SSSR count). The summed E-state index contributed by atoms with van der Waals surface area (Å²) in [6.45, 7) is 5.93. The zero-order valence-corrected chi connectivity index (χ0v) is 11.2. The van der Waals surface area contributed by atoms with Crippen molar-refractivity contribution in [1.29, 1.82) is 0 Å². The summed E-state index contributed by atoms with van der Waals surface area (Å²) in [6.07, 6.45) is -1.75. The molecule has 106 valence electrons. The van der Waals surface area contributed by atoms with Gasteiger partial charge >= 0.3 is 0 Å². The average Bonchev–Trinajstić information content (AvgIpc) is 2.61. The van der Waals surface area contributed by atoms with Gasteiger partial charge in [0, 0.05) is 6.54 Å². The van der Waals surface area contributed by atoms with E-state index >= 15 is 0 Å². The Bertz CT molecular complexity index is 275.